The average Bonchev–Trinajstić information content (AvgIpc) is 3.07. The lowest BCUT2D eigenvalue weighted by Crippen LogP contribution is -2.16. The van der Waals surface area contributed by atoms with Gasteiger partial charge in [0.05, 0.1) is 11.3 Å². The molecule has 0 fully saturated rings. The maximum Gasteiger partial charge on any atom is 0.417 e. The van der Waals surface area contributed by atoms with Crippen molar-refractivity contribution in [3.8, 4) is 0 Å². The summed E-state index contributed by atoms with van der Waals surface area (Å²) in [7, 11) is 0. The third kappa shape index (κ3) is 3.69. The van der Waals surface area contributed by atoms with E-state index in [0.717, 1.165) is 28.1 Å². The minimum atomic E-state index is -4.51. The highest BCUT2D eigenvalue weighted by Crippen LogP contribution is 2.30. The van der Waals surface area contributed by atoms with E-state index in [1.807, 2.05) is 13.8 Å². The molecule has 3 aromatic rings. The maximum atomic E-state index is 13.0. The molecular weight excluding hydrogens is 367 g/mol. The number of rotatable bonds is 4. The Kier molecular flexibility index (Phi) is 4.70. The van der Waals surface area contributed by atoms with Gasteiger partial charge in [-0.05, 0) is 25.0 Å². The monoisotopic (exact) mass is 383 g/mol. The molecule has 138 valence electrons. The summed E-state index contributed by atoms with van der Waals surface area (Å²) in [5.74, 6) is -0.185. The molecule has 0 saturated heterocycles. The van der Waals surface area contributed by atoms with Crippen LogP contribution < -0.4 is 5.32 Å². The van der Waals surface area contributed by atoms with Crippen molar-refractivity contribution in [3.63, 3.8) is 0 Å². The van der Waals surface area contributed by atoms with Crippen LogP contribution in [0.1, 0.15) is 40.6 Å². The molecule has 10 heteroatoms. The standard InChI is InChI=1S/C16H16F3N5OS/c1-8(2)6-12-22-23-15(26-12)21-14(25)13-9(3)20-11-5-4-10(7-24(11)13)16(17,18)19/h4-5,7-8H,6H2,1-3H3,(H,21,23,25). The number of carbonyl (C=O) groups is 1. The second-order valence-corrected chi connectivity index (χ2v) is 7.30. The Morgan fingerprint density at radius 2 is 2.04 bits per heavy atom. The fourth-order valence-corrected chi connectivity index (χ4v) is 3.44. The Bertz CT molecular complexity index is 961. The average molecular weight is 383 g/mol. The summed E-state index contributed by atoms with van der Waals surface area (Å²) in [6, 6.07) is 2.17. The largest absolute Gasteiger partial charge is 0.417 e. The van der Waals surface area contributed by atoms with Crippen molar-refractivity contribution in [1.29, 1.82) is 0 Å². The van der Waals surface area contributed by atoms with E-state index in [0.29, 0.717) is 16.7 Å². The Labute approximate surface area is 151 Å². The Balaban J connectivity index is 1.92. The normalized spacial score (nSPS) is 12.1. The van der Waals surface area contributed by atoms with Crippen molar-refractivity contribution < 1.29 is 18.0 Å². The second kappa shape index (κ2) is 6.67. The van der Waals surface area contributed by atoms with Crippen LogP contribution >= 0.6 is 11.3 Å². The Morgan fingerprint density at radius 3 is 2.69 bits per heavy atom. The van der Waals surface area contributed by atoms with Crippen LogP contribution in [0, 0.1) is 12.8 Å². The van der Waals surface area contributed by atoms with Gasteiger partial charge in [-0.3, -0.25) is 14.5 Å². The van der Waals surface area contributed by atoms with Crippen LogP contribution in [0.25, 0.3) is 5.65 Å². The molecule has 3 aromatic heterocycles. The zero-order valence-corrected chi connectivity index (χ0v) is 15.1. The van der Waals surface area contributed by atoms with Gasteiger partial charge in [-0.2, -0.15) is 13.2 Å². The molecule has 0 aliphatic carbocycles. The molecule has 1 amide bonds. The number of alkyl halides is 3. The van der Waals surface area contributed by atoms with Gasteiger partial charge >= 0.3 is 6.18 Å². The number of halogens is 3. The number of amides is 1. The van der Waals surface area contributed by atoms with Crippen molar-refractivity contribution in [1.82, 2.24) is 19.6 Å². The molecule has 0 atom stereocenters. The van der Waals surface area contributed by atoms with E-state index in [2.05, 4.69) is 20.5 Å². The van der Waals surface area contributed by atoms with E-state index in [1.54, 1.807) is 6.92 Å². The smallest absolute Gasteiger partial charge is 0.295 e. The van der Waals surface area contributed by atoms with Gasteiger partial charge in [0.15, 0.2) is 0 Å². The van der Waals surface area contributed by atoms with Crippen LogP contribution in [0.15, 0.2) is 18.3 Å². The highest BCUT2D eigenvalue weighted by atomic mass is 32.1. The number of nitrogens with zero attached hydrogens (tertiary/aromatic N) is 4. The van der Waals surface area contributed by atoms with Crippen LogP contribution in [0.2, 0.25) is 0 Å². The molecule has 0 bridgehead atoms. The summed E-state index contributed by atoms with van der Waals surface area (Å²) in [6.45, 7) is 5.65. The third-order valence-corrected chi connectivity index (χ3v) is 4.47. The van der Waals surface area contributed by atoms with Crippen molar-refractivity contribution >= 4 is 28.0 Å². The molecule has 6 nitrogen and oxygen atoms in total. The van der Waals surface area contributed by atoms with Crippen LogP contribution in [0.4, 0.5) is 18.3 Å². The van der Waals surface area contributed by atoms with E-state index in [9.17, 15) is 18.0 Å². The van der Waals surface area contributed by atoms with Gasteiger partial charge in [0, 0.05) is 12.6 Å². The molecule has 0 aromatic carbocycles. The van der Waals surface area contributed by atoms with Gasteiger partial charge in [0.2, 0.25) is 5.13 Å². The molecular formula is C16H16F3N5OS. The van der Waals surface area contributed by atoms with Crippen molar-refractivity contribution in [2.45, 2.75) is 33.4 Å². The first-order valence-electron chi connectivity index (χ1n) is 7.85. The van der Waals surface area contributed by atoms with Gasteiger partial charge in [-0.25, -0.2) is 4.98 Å². The van der Waals surface area contributed by atoms with Gasteiger partial charge in [-0.1, -0.05) is 25.2 Å². The first-order valence-corrected chi connectivity index (χ1v) is 8.66. The van der Waals surface area contributed by atoms with Crippen LogP contribution in [0.3, 0.4) is 0 Å². The highest BCUT2D eigenvalue weighted by molar-refractivity contribution is 7.15. The van der Waals surface area contributed by atoms with Crippen LogP contribution in [0.5, 0.6) is 0 Å². The Hall–Kier alpha value is -2.49. The second-order valence-electron chi connectivity index (χ2n) is 6.24. The van der Waals surface area contributed by atoms with E-state index >= 15 is 0 Å². The summed E-state index contributed by atoms with van der Waals surface area (Å²) < 4.78 is 40.0. The zero-order valence-electron chi connectivity index (χ0n) is 14.3. The number of hydrogen-bond donors (Lipinski definition) is 1. The number of anilines is 1. The van der Waals surface area contributed by atoms with E-state index in [-0.39, 0.29) is 11.3 Å². The molecule has 0 saturated carbocycles. The molecule has 26 heavy (non-hydrogen) atoms. The topological polar surface area (TPSA) is 72.2 Å². The van der Waals surface area contributed by atoms with E-state index in [4.69, 9.17) is 0 Å². The number of aryl methyl sites for hydroxylation is 1. The Morgan fingerprint density at radius 1 is 1.31 bits per heavy atom. The lowest BCUT2D eigenvalue weighted by atomic mass is 10.1. The number of pyridine rings is 1. The maximum absolute atomic E-state index is 13.0. The van der Waals surface area contributed by atoms with Crippen LogP contribution in [-0.2, 0) is 12.6 Å². The van der Waals surface area contributed by atoms with Crippen molar-refractivity contribution in [3.05, 3.63) is 40.3 Å². The van der Waals surface area contributed by atoms with Gasteiger partial charge < -0.3 is 0 Å². The quantitative estimate of drug-likeness (QED) is 0.740. The number of fused-ring (bicyclic) bond motifs is 1. The molecule has 3 rings (SSSR count). The molecule has 0 aliphatic heterocycles. The molecule has 0 radical (unpaired) electrons. The first kappa shape index (κ1) is 18.3. The van der Waals surface area contributed by atoms with Crippen molar-refractivity contribution in [2.75, 3.05) is 5.32 Å². The van der Waals surface area contributed by atoms with E-state index in [1.165, 1.54) is 17.4 Å². The zero-order chi connectivity index (χ0) is 19.1. The number of imidazole rings is 1. The van der Waals surface area contributed by atoms with Gasteiger partial charge in [0.25, 0.3) is 5.91 Å². The molecule has 0 spiro atoms. The predicted molar refractivity (Wildman–Crippen MR) is 91.3 cm³/mol. The predicted octanol–water partition coefficient (Wildman–Crippen LogP) is 3.96. The molecule has 0 unspecified atom stereocenters. The molecule has 1 N–H and O–H groups in total. The molecule has 3 heterocycles. The first-order chi connectivity index (χ1) is 12.1. The highest BCUT2D eigenvalue weighted by Gasteiger charge is 2.31. The number of carbonyl (C=O) groups excluding carboxylic acids is 1. The number of nitrogens with one attached hydrogen (secondary N) is 1. The summed E-state index contributed by atoms with van der Waals surface area (Å²) in [4.78, 5) is 16.7. The summed E-state index contributed by atoms with van der Waals surface area (Å²) in [5.41, 5.74) is -0.231. The minimum absolute atomic E-state index is 0.0340. The summed E-state index contributed by atoms with van der Waals surface area (Å²) in [6.07, 6.45) is -2.91. The summed E-state index contributed by atoms with van der Waals surface area (Å²) >= 11 is 1.24. The lowest BCUT2D eigenvalue weighted by Gasteiger charge is -2.08. The molecule has 0 aliphatic rings. The lowest BCUT2D eigenvalue weighted by molar-refractivity contribution is -0.137. The van der Waals surface area contributed by atoms with Gasteiger partial charge in [-0.15, -0.1) is 10.2 Å². The SMILES string of the molecule is Cc1nc2ccc(C(F)(F)F)cn2c1C(=O)Nc1nnc(CC(C)C)s1. The fraction of sp³-hybridized carbons (Fsp3) is 0.375. The third-order valence-electron chi connectivity index (χ3n) is 3.61. The van der Waals surface area contributed by atoms with Crippen LogP contribution in [-0.4, -0.2) is 25.5 Å². The minimum Gasteiger partial charge on any atom is -0.295 e. The van der Waals surface area contributed by atoms with Gasteiger partial charge in [0.1, 0.15) is 16.3 Å². The summed E-state index contributed by atoms with van der Waals surface area (Å²) in [5, 5.41) is 11.6. The fourth-order valence-electron chi connectivity index (χ4n) is 2.50. The number of hydrogen-bond acceptors (Lipinski definition) is 5. The van der Waals surface area contributed by atoms with Crippen molar-refractivity contribution in [2.24, 2.45) is 5.92 Å². The van der Waals surface area contributed by atoms with E-state index < -0.39 is 17.6 Å². The number of aromatic nitrogens is 4.